The predicted molar refractivity (Wildman–Crippen MR) is 128 cm³/mol. The molecule has 0 spiro atoms. The Morgan fingerprint density at radius 2 is 1.97 bits per heavy atom. The zero-order chi connectivity index (χ0) is 25.1. The van der Waals surface area contributed by atoms with Gasteiger partial charge in [-0.3, -0.25) is 4.68 Å². The molecule has 3 aromatic heterocycles. The van der Waals surface area contributed by atoms with Gasteiger partial charge < -0.3 is 14.2 Å². The van der Waals surface area contributed by atoms with Crippen molar-refractivity contribution >= 4 is 17.0 Å². The first kappa shape index (κ1) is 23.7. The largest absolute Gasteiger partial charge is 0.490 e. The van der Waals surface area contributed by atoms with E-state index in [1.807, 2.05) is 4.68 Å². The number of rotatable bonds is 8. The van der Waals surface area contributed by atoms with E-state index >= 15 is 0 Å². The van der Waals surface area contributed by atoms with Gasteiger partial charge in [0.2, 0.25) is 5.88 Å². The monoisotopic (exact) mass is 494 g/mol. The molecule has 3 heterocycles. The quantitative estimate of drug-likeness (QED) is 0.339. The molecule has 0 amide bonds. The average molecular weight is 495 g/mol. The molecule has 0 aliphatic heterocycles. The smallest absolute Gasteiger partial charge is 0.341 e. The van der Waals surface area contributed by atoms with Crippen LogP contribution in [0.5, 0.6) is 11.6 Å². The summed E-state index contributed by atoms with van der Waals surface area (Å²) < 4.78 is 33.3. The Morgan fingerprint density at radius 3 is 2.72 bits per heavy atom. The van der Waals surface area contributed by atoms with Crippen LogP contribution in [0, 0.1) is 11.7 Å². The zero-order valence-corrected chi connectivity index (χ0v) is 20.1. The summed E-state index contributed by atoms with van der Waals surface area (Å²) in [5.74, 6) is 0.871. The number of esters is 1. The van der Waals surface area contributed by atoms with E-state index in [9.17, 15) is 9.18 Å². The fourth-order valence-corrected chi connectivity index (χ4v) is 4.50. The Kier molecular flexibility index (Phi) is 6.79. The first-order valence-corrected chi connectivity index (χ1v) is 12.0. The first-order valence-electron chi connectivity index (χ1n) is 12.0. The molecule has 0 saturated heterocycles. The Hall–Kier alpha value is -4.02. The van der Waals surface area contributed by atoms with Gasteiger partial charge in [0.25, 0.3) is 5.95 Å². The van der Waals surface area contributed by atoms with Crippen molar-refractivity contribution in [3.8, 4) is 17.6 Å². The first-order chi connectivity index (χ1) is 17.5. The molecule has 36 heavy (non-hydrogen) atoms. The highest BCUT2D eigenvalue weighted by atomic mass is 19.1. The third-order valence-corrected chi connectivity index (χ3v) is 6.26. The second kappa shape index (κ2) is 10.3. The van der Waals surface area contributed by atoms with Gasteiger partial charge in [-0.15, -0.1) is 0 Å². The van der Waals surface area contributed by atoms with Gasteiger partial charge in [-0.05, 0) is 50.7 Å². The molecule has 10 nitrogen and oxygen atoms in total. The second-order valence-electron chi connectivity index (χ2n) is 8.71. The molecule has 11 heteroatoms. The SMILES string of the molecule is CCOC(=O)c1cnn(-c2nc(OC)c3c(cnn3CC3CCC(Oc4cccc(F)c4)CC3)n2)c1. The lowest BCUT2D eigenvalue weighted by Crippen LogP contribution is -2.26. The molecule has 1 aliphatic carbocycles. The Morgan fingerprint density at radius 1 is 1.14 bits per heavy atom. The summed E-state index contributed by atoms with van der Waals surface area (Å²) in [5, 5.41) is 8.73. The van der Waals surface area contributed by atoms with Crippen LogP contribution in [0.4, 0.5) is 4.39 Å². The maximum atomic E-state index is 13.4. The van der Waals surface area contributed by atoms with Crippen LogP contribution in [0.3, 0.4) is 0 Å². The van der Waals surface area contributed by atoms with E-state index in [1.54, 1.807) is 32.4 Å². The van der Waals surface area contributed by atoms with Gasteiger partial charge in [0.05, 0.1) is 37.8 Å². The van der Waals surface area contributed by atoms with E-state index in [4.69, 9.17) is 14.2 Å². The molecule has 4 aromatic rings. The number of fused-ring (bicyclic) bond motifs is 1. The number of ether oxygens (including phenoxy) is 3. The maximum Gasteiger partial charge on any atom is 0.341 e. The number of halogens is 1. The van der Waals surface area contributed by atoms with Gasteiger partial charge in [-0.1, -0.05) is 6.07 Å². The standard InChI is InChI=1S/C25H27FN6O4/c1-3-35-24(33)17-12-27-32(15-17)25-29-21-13-28-31(22(21)23(30-25)34-2)14-16-7-9-19(10-8-16)36-20-6-4-5-18(26)11-20/h4-6,11-13,15-16,19H,3,7-10,14H2,1-2H3. The number of aromatic nitrogens is 6. The van der Waals surface area contributed by atoms with Crippen molar-refractivity contribution < 1.29 is 23.4 Å². The van der Waals surface area contributed by atoms with Crippen molar-refractivity contribution in [1.82, 2.24) is 29.5 Å². The third-order valence-electron chi connectivity index (χ3n) is 6.26. The van der Waals surface area contributed by atoms with E-state index in [0.29, 0.717) is 40.7 Å². The summed E-state index contributed by atoms with van der Waals surface area (Å²) >= 11 is 0. The van der Waals surface area contributed by atoms with Crippen molar-refractivity contribution in [3.05, 3.63) is 54.2 Å². The van der Waals surface area contributed by atoms with Crippen molar-refractivity contribution in [2.75, 3.05) is 13.7 Å². The Bertz CT molecular complexity index is 1360. The van der Waals surface area contributed by atoms with Crippen molar-refractivity contribution in [1.29, 1.82) is 0 Å². The molecule has 188 valence electrons. The molecular weight excluding hydrogens is 467 g/mol. The lowest BCUT2D eigenvalue weighted by atomic mass is 9.87. The summed E-state index contributed by atoms with van der Waals surface area (Å²) in [6, 6.07) is 6.27. The van der Waals surface area contributed by atoms with Crippen LogP contribution in [-0.2, 0) is 11.3 Å². The van der Waals surface area contributed by atoms with Crippen LogP contribution in [-0.4, -0.2) is 55.3 Å². The van der Waals surface area contributed by atoms with E-state index in [-0.39, 0.29) is 24.5 Å². The maximum absolute atomic E-state index is 13.4. The number of methoxy groups -OCH3 is 1. The number of hydrogen-bond acceptors (Lipinski definition) is 8. The van der Waals surface area contributed by atoms with Crippen LogP contribution < -0.4 is 9.47 Å². The van der Waals surface area contributed by atoms with E-state index in [1.165, 1.54) is 29.2 Å². The van der Waals surface area contributed by atoms with E-state index in [2.05, 4.69) is 20.2 Å². The van der Waals surface area contributed by atoms with Crippen molar-refractivity contribution in [2.45, 2.75) is 45.3 Å². The molecule has 1 aromatic carbocycles. The number of hydrogen-bond donors (Lipinski definition) is 0. The molecule has 0 N–H and O–H groups in total. The van der Waals surface area contributed by atoms with Crippen LogP contribution in [0.2, 0.25) is 0 Å². The molecule has 1 aliphatic rings. The zero-order valence-electron chi connectivity index (χ0n) is 20.1. The third kappa shape index (κ3) is 5.00. The summed E-state index contributed by atoms with van der Waals surface area (Å²) in [7, 11) is 1.55. The summed E-state index contributed by atoms with van der Waals surface area (Å²) in [6.07, 6.45) is 8.40. The van der Waals surface area contributed by atoms with Crippen LogP contribution in [0.1, 0.15) is 43.0 Å². The highest BCUT2D eigenvalue weighted by Crippen LogP contribution is 2.31. The minimum atomic E-state index is -0.458. The molecule has 1 fully saturated rings. The van der Waals surface area contributed by atoms with E-state index < -0.39 is 5.97 Å². The Labute approximate surface area is 207 Å². The molecule has 5 rings (SSSR count). The van der Waals surface area contributed by atoms with Gasteiger partial charge in [0.15, 0.2) is 0 Å². The second-order valence-corrected chi connectivity index (χ2v) is 8.71. The number of benzene rings is 1. The summed E-state index contributed by atoms with van der Waals surface area (Å²) in [6.45, 7) is 2.72. The minimum Gasteiger partial charge on any atom is -0.490 e. The lowest BCUT2D eigenvalue weighted by molar-refractivity contribution is 0.0526. The number of carbonyl (C=O) groups excluding carboxylic acids is 1. The van der Waals surface area contributed by atoms with Crippen LogP contribution in [0.15, 0.2) is 42.9 Å². The highest BCUT2D eigenvalue weighted by Gasteiger charge is 2.25. The molecule has 1 saturated carbocycles. The molecule has 0 radical (unpaired) electrons. The van der Waals surface area contributed by atoms with Gasteiger partial charge in [0.1, 0.15) is 22.6 Å². The molecule has 0 atom stereocenters. The Balaban J connectivity index is 1.28. The van der Waals surface area contributed by atoms with Gasteiger partial charge in [0, 0.05) is 18.8 Å². The predicted octanol–water partition coefficient (Wildman–Crippen LogP) is 3.97. The number of carbonyl (C=O) groups is 1. The van der Waals surface area contributed by atoms with Gasteiger partial charge in [-0.2, -0.15) is 15.2 Å². The fraction of sp³-hybridized carbons (Fsp3) is 0.400. The van der Waals surface area contributed by atoms with Crippen LogP contribution in [0.25, 0.3) is 17.0 Å². The molecule has 0 unspecified atom stereocenters. The van der Waals surface area contributed by atoms with Crippen LogP contribution >= 0.6 is 0 Å². The summed E-state index contributed by atoms with van der Waals surface area (Å²) in [5.41, 5.74) is 1.64. The van der Waals surface area contributed by atoms with Gasteiger partial charge >= 0.3 is 5.97 Å². The van der Waals surface area contributed by atoms with Crippen molar-refractivity contribution in [2.24, 2.45) is 5.92 Å². The number of nitrogens with zero attached hydrogens (tertiary/aromatic N) is 6. The average Bonchev–Trinajstić information content (AvgIpc) is 3.53. The molecule has 0 bridgehead atoms. The van der Waals surface area contributed by atoms with Crippen molar-refractivity contribution in [3.63, 3.8) is 0 Å². The fourth-order valence-electron chi connectivity index (χ4n) is 4.50. The molecular formula is C25H27FN6O4. The van der Waals surface area contributed by atoms with E-state index in [0.717, 1.165) is 25.7 Å². The van der Waals surface area contributed by atoms with Gasteiger partial charge in [-0.25, -0.2) is 18.9 Å². The normalized spacial score (nSPS) is 17.8. The topological polar surface area (TPSA) is 106 Å². The minimum absolute atomic E-state index is 0.0754. The summed E-state index contributed by atoms with van der Waals surface area (Å²) in [4.78, 5) is 21.0. The lowest BCUT2D eigenvalue weighted by Gasteiger charge is -2.29. The highest BCUT2D eigenvalue weighted by molar-refractivity contribution is 5.88.